The van der Waals surface area contributed by atoms with Crippen molar-refractivity contribution in [3.8, 4) is 0 Å². The van der Waals surface area contributed by atoms with Crippen molar-refractivity contribution in [2.45, 2.75) is 39.3 Å². The van der Waals surface area contributed by atoms with Crippen molar-refractivity contribution < 1.29 is 0 Å². The van der Waals surface area contributed by atoms with Gasteiger partial charge in [0.2, 0.25) is 0 Å². The zero-order valence-electron chi connectivity index (χ0n) is 12.7. The highest BCUT2D eigenvalue weighted by Gasteiger charge is 2.30. The predicted octanol–water partition coefficient (Wildman–Crippen LogP) is 2.84. The highest BCUT2D eigenvalue weighted by Crippen LogP contribution is 2.16. The highest BCUT2D eigenvalue weighted by molar-refractivity contribution is 6.99. The van der Waals surface area contributed by atoms with Crippen molar-refractivity contribution in [1.29, 1.82) is 0 Å². The molecule has 0 unspecified atom stereocenters. The summed E-state index contributed by atoms with van der Waals surface area (Å²) in [4.78, 5) is 2.28. The first kappa shape index (κ1) is 14.5. The maximum atomic E-state index is 2.46. The third-order valence-electron chi connectivity index (χ3n) is 3.08. The summed E-state index contributed by atoms with van der Waals surface area (Å²) in [5.74, 6) is 0. The summed E-state index contributed by atoms with van der Waals surface area (Å²) in [7, 11) is 1.76. The summed E-state index contributed by atoms with van der Waals surface area (Å²) < 4.78 is 0. The van der Waals surface area contributed by atoms with Gasteiger partial charge in [0, 0.05) is 19.8 Å². The predicted molar refractivity (Wildman–Crippen MR) is 86.7 cm³/mol. The molecule has 3 heteroatoms. The monoisotopic (exact) mass is 265 g/mol. The smallest absolute Gasteiger partial charge is 0.0801 e. The van der Waals surface area contributed by atoms with E-state index in [0.717, 1.165) is 0 Å². The van der Waals surface area contributed by atoms with Crippen LogP contribution in [0.3, 0.4) is 0 Å². The molecule has 0 radical (unpaired) electrons. The Morgan fingerprint density at radius 2 is 1.35 bits per heavy atom. The molecule has 0 aliphatic carbocycles. The van der Waals surface area contributed by atoms with E-state index in [9.17, 15) is 0 Å². The van der Waals surface area contributed by atoms with Crippen molar-refractivity contribution in [2.75, 3.05) is 19.0 Å². The molecule has 0 N–H and O–H groups in total. The Hall–Kier alpha value is -0.546. The van der Waals surface area contributed by atoms with E-state index in [-0.39, 0.29) is 0 Å². The Bertz CT molecular complexity index is 398. The Labute approximate surface area is 109 Å². The Kier molecular flexibility index (Phi) is 3.94. The second-order valence-electron chi connectivity index (χ2n) is 7.09. The maximum absolute atomic E-state index is 2.46. The van der Waals surface area contributed by atoms with Gasteiger partial charge >= 0.3 is 0 Å². The minimum atomic E-state index is -1.30. The van der Waals surface area contributed by atoms with Crippen molar-refractivity contribution >= 4 is 32.2 Å². The van der Waals surface area contributed by atoms with Crippen molar-refractivity contribution in [3.05, 3.63) is 18.2 Å². The van der Waals surface area contributed by atoms with Crippen LogP contribution in [-0.2, 0) is 0 Å². The zero-order valence-corrected chi connectivity index (χ0v) is 14.7. The van der Waals surface area contributed by atoms with Crippen LogP contribution in [0.25, 0.3) is 0 Å². The van der Waals surface area contributed by atoms with Crippen LogP contribution >= 0.6 is 0 Å². The molecule has 0 heterocycles. The van der Waals surface area contributed by atoms with E-state index in [1.807, 2.05) is 0 Å². The van der Waals surface area contributed by atoms with Gasteiger partial charge in [-0.2, -0.15) is 0 Å². The molecule has 1 aromatic rings. The first-order chi connectivity index (χ1) is 7.55. The molecule has 1 nitrogen and oxygen atoms in total. The molecule has 1 aromatic carbocycles. The summed E-state index contributed by atoms with van der Waals surface area (Å²) >= 11 is 0. The second kappa shape index (κ2) is 4.61. The summed E-state index contributed by atoms with van der Waals surface area (Å²) in [6, 6.07) is 6.87. The van der Waals surface area contributed by atoms with E-state index in [1.165, 1.54) is 5.69 Å². The van der Waals surface area contributed by atoms with Gasteiger partial charge < -0.3 is 4.90 Å². The van der Waals surface area contributed by atoms with Crippen LogP contribution in [0.2, 0.25) is 39.3 Å². The molecular weight excluding hydrogens is 238 g/mol. The lowest BCUT2D eigenvalue weighted by molar-refractivity contribution is 1.14. The lowest BCUT2D eigenvalue weighted by Gasteiger charge is -2.32. The average molecular weight is 266 g/mol. The van der Waals surface area contributed by atoms with Gasteiger partial charge in [-0.05, 0) is 11.3 Å². The molecule has 0 saturated heterocycles. The molecule has 0 aliphatic heterocycles. The van der Waals surface area contributed by atoms with Gasteiger partial charge in [-0.25, -0.2) is 0 Å². The van der Waals surface area contributed by atoms with Crippen LogP contribution < -0.4 is 15.3 Å². The van der Waals surface area contributed by atoms with E-state index in [4.69, 9.17) is 0 Å². The van der Waals surface area contributed by atoms with E-state index in [1.54, 1.807) is 10.4 Å². The molecule has 0 fully saturated rings. The number of hydrogen-bond donors (Lipinski definition) is 0. The van der Waals surface area contributed by atoms with Crippen molar-refractivity contribution in [3.63, 3.8) is 0 Å². The molecular formula is C14H27NSi2. The van der Waals surface area contributed by atoms with Gasteiger partial charge in [-0.1, -0.05) is 56.6 Å². The number of nitrogens with zero attached hydrogens (tertiary/aromatic N) is 1. The fourth-order valence-electron chi connectivity index (χ4n) is 2.33. The second-order valence-corrected chi connectivity index (χ2v) is 17.1. The van der Waals surface area contributed by atoms with E-state index in [2.05, 4.69) is 76.5 Å². The van der Waals surface area contributed by atoms with Crippen LogP contribution in [0.4, 0.5) is 5.69 Å². The largest absolute Gasteiger partial charge is 0.378 e. The van der Waals surface area contributed by atoms with E-state index < -0.39 is 16.1 Å². The molecule has 17 heavy (non-hydrogen) atoms. The first-order valence-corrected chi connectivity index (χ1v) is 13.4. The Balaban J connectivity index is 3.58. The third kappa shape index (κ3) is 3.22. The highest BCUT2D eigenvalue weighted by atomic mass is 28.3. The molecule has 0 aliphatic rings. The SMILES string of the molecule is CN(C)c1cccc([Si](C)(C)C)c1[Si](C)(C)C. The number of benzene rings is 1. The van der Waals surface area contributed by atoms with Gasteiger partial charge in [-0.3, -0.25) is 0 Å². The topological polar surface area (TPSA) is 3.24 Å². The van der Waals surface area contributed by atoms with Gasteiger partial charge in [0.1, 0.15) is 0 Å². The van der Waals surface area contributed by atoms with Crippen LogP contribution in [0.1, 0.15) is 0 Å². The Morgan fingerprint density at radius 3 is 1.71 bits per heavy atom. The van der Waals surface area contributed by atoms with E-state index >= 15 is 0 Å². The lowest BCUT2D eigenvalue weighted by Crippen LogP contribution is -2.57. The average Bonchev–Trinajstić information content (AvgIpc) is 2.13. The molecule has 1 rings (SSSR count). The minimum absolute atomic E-state index is 1.26. The number of hydrogen-bond acceptors (Lipinski definition) is 1. The summed E-state index contributed by atoms with van der Waals surface area (Å²) in [6.07, 6.45) is 0. The summed E-state index contributed by atoms with van der Waals surface area (Å²) in [6.45, 7) is 14.7. The van der Waals surface area contributed by atoms with Crippen molar-refractivity contribution in [1.82, 2.24) is 0 Å². The van der Waals surface area contributed by atoms with Crippen LogP contribution in [0.15, 0.2) is 18.2 Å². The number of anilines is 1. The lowest BCUT2D eigenvalue weighted by atomic mass is 10.3. The summed E-state index contributed by atoms with van der Waals surface area (Å²) in [5.41, 5.74) is 1.43. The van der Waals surface area contributed by atoms with Gasteiger partial charge in [0.25, 0.3) is 0 Å². The minimum Gasteiger partial charge on any atom is -0.378 e. The van der Waals surface area contributed by atoms with Crippen LogP contribution in [0, 0.1) is 0 Å². The summed E-state index contributed by atoms with van der Waals surface area (Å²) in [5, 5.41) is 3.33. The standard InChI is InChI=1S/C14H27NSi2/c1-15(2)12-10-9-11-13(16(3,4)5)14(12)17(6,7)8/h9-11H,1-8H3. The molecule has 96 valence electrons. The normalized spacial score (nSPS) is 12.7. The Morgan fingerprint density at radius 1 is 0.824 bits per heavy atom. The molecule has 0 amide bonds. The van der Waals surface area contributed by atoms with Gasteiger partial charge in [0.15, 0.2) is 0 Å². The van der Waals surface area contributed by atoms with Gasteiger partial charge in [0.05, 0.1) is 16.1 Å². The molecule has 0 saturated carbocycles. The zero-order chi connectivity index (χ0) is 13.4. The molecule has 0 spiro atoms. The third-order valence-corrected chi connectivity index (χ3v) is 7.39. The quantitative estimate of drug-likeness (QED) is 0.760. The van der Waals surface area contributed by atoms with Crippen LogP contribution in [-0.4, -0.2) is 30.2 Å². The fourth-order valence-corrected chi connectivity index (χ4v) is 8.02. The first-order valence-electron chi connectivity index (χ1n) is 6.36. The van der Waals surface area contributed by atoms with E-state index in [0.29, 0.717) is 0 Å². The molecule has 0 bridgehead atoms. The number of rotatable bonds is 3. The maximum Gasteiger partial charge on any atom is 0.0801 e. The van der Waals surface area contributed by atoms with Crippen LogP contribution in [0.5, 0.6) is 0 Å². The van der Waals surface area contributed by atoms with Gasteiger partial charge in [-0.15, -0.1) is 0 Å². The molecule has 0 atom stereocenters. The molecule has 0 aromatic heterocycles. The fraction of sp³-hybridized carbons (Fsp3) is 0.571. The van der Waals surface area contributed by atoms with Crippen molar-refractivity contribution in [2.24, 2.45) is 0 Å².